The highest BCUT2D eigenvalue weighted by molar-refractivity contribution is 5.69. The lowest BCUT2D eigenvalue weighted by atomic mass is 9.95. The molecule has 0 N–H and O–H groups in total. The molecule has 2 rings (SSSR count). The number of unbranched alkanes of at least 4 members (excludes halogenated alkanes) is 12. The normalized spacial score (nSPS) is 11.1. The van der Waals surface area contributed by atoms with Crippen LogP contribution in [0.3, 0.4) is 0 Å². The van der Waals surface area contributed by atoms with Crippen LogP contribution >= 0.6 is 0 Å². The monoisotopic (exact) mass is 550 g/mol. The van der Waals surface area contributed by atoms with Gasteiger partial charge in [-0.15, -0.1) is 0 Å². The smallest absolute Gasteiger partial charge is 0.394 e. The molecule has 0 radical (unpaired) electrons. The van der Waals surface area contributed by atoms with Gasteiger partial charge in [-0.2, -0.15) is 0 Å². The molecule has 0 heterocycles. The van der Waals surface area contributed by atoms with Crippen molar-refractivity contribution in [3.8, 4) is 11.5 Å². The standard InChI is InChI=1S/C37H58O3/c1-5-9-13-17-23-31-25-21-29-35(33(31)27-19-15-11-7-3)39-37(38)40-36-30-22-26-32(24-18-14-10-6-2)34(36)28-20-16-12-8-4/h21-22,25-26,29-30H,5-20,23-24,27-28H2,1-4H3. The second-order valence-corrected chi connectivity index (χ2v) is 11.5. The molecule has 0 amide bonds. The molecule has 2 aromatic rings. The van der Waals surface area contributed by atoms with Gasteiger partial charge >= 0.3 is 6.16 Å². The average molecular weight is 551 g/mol. The molecular weight excluding hydrogens is 492 g/mol. The Morgan fingerprint density at radius 3 is 1.18 bits per heavy atom. The molecule has 0 saturated carbocycles. The highest BCUT2D eigenvalue weighted by atomic mass is 16.7. The summed E-state index contributed by atoms with van der Waals surface area (Å²) in [5, 5.41) is 0. The third kappa shape index (κ3) is 12.9. The lowest BCUT2D eigenvalue weighted by molar-refractivity contribution is 0.151. The van der Waals surface area contributed by atoms with Gasteiger partial charge in [0.05, 0.1) is 0 Å². The van der Waals surface area contributed by atoms with Crippen molar-refractivity contribution in [3.05, 3.63) is 58.7 Å². The second-order valence-electron chi connectivity index (χ2n) is 11.5. The molecule has 0 fully saturated rings. The number of aryl methyl sites for hydroxylation is 2. The summed E-state index contributed by atoms with van der Waals surface area (Å²) in [5.74, 6) is 1.35. The van der Waals surface area contributed by atoms with Gasteiger partial charge in [0.15, 0.2) is 0 Å². The first-order valence-corrected chi connectivity index (χ1v) is 16.8. The van der Waals surface area contributed by atoms with Crippen molar-refractivity contribution in [2.75, 3.05) is 0 Å². The van der Waals surface area contributed by atoms with E-state index >= 15 is 0 Å². The van der Waals surface area contributed by atoms with Crippen LogP contribution in [0, 0.1) is 0 Å². The zero-order valence-corrected chi connectivity index (χ0v) is 26.3. The maximum atomic E-state index is 13.2. The molecule has 0 unspecified atom stereocenters. The van der Waals surface area contributed by atoms with Gasteiger partial charge in [0.1, 0.15) is 11.5 Å². The van der Waals surface area contributed by atoms with E-state index in [1.54, 1.807) is 0 Å². The van der Waals surface area contributed by atoms with Gasteiger partial charge in [-0.1, -0.05) is 129 Å². The predicted molar refractivity (Wildman–Crippen MR) is 171 cm³/mol. The lowest BCUT2D eigenvalue weighted by Crippen LogP contribution is -2.17. The summed E-state index contributed by atoms with van der Waals surface area (Å²) in [6.45, 7) is 8.98. The minimum Gasteiger partial charge on any atom is -0.394 e. The fraction of sp³-hybridized carbons (Fsp3) is 0.649. The van der Waals surface area contributed by atoms with Gasteiger partial charge in [-0.3, -0.25) is 0 Å². The molecule has 2 aromatic carbocycles. The molecule has 40 heavy (non-hydrogen) atoms. The lowest BCUT2D eigenvalue weighted by Gasteiger charge is -2.17. The number of carbonyl (C=O) groups excluding carboxylic acids is 1. The highest BCUT2D eigenvalue weighted by Crippen LogP contribution is 2.30. The first-order valence-electron chi connectivity index (χ1n) is 16.8. The molecule has 0 aliphatic rings. The third-order valence-electron chi connectivity index (χ3n) is 8.01. The van der Waals surface area contributed by atoms with Crippen molar-refractivity contribution in [3.63, 3.8) is 0 Å². The van der Waals surface area contributed by atoms with Gasteiger partial charge in [0, 0.05) is 0 Å². The number of benzene rings is 2. The van der Waals surface area contributed by atoms with Crippen LogP contribution in [0.2, 0.25) is 0 Å². The van der Waals surface area contributed by atoms with E-state index in [0.717, 1.165) is 38.5 Å². The van der Waals surface area contributed by atoms with Crippen LogP contribution in [0.15, 0.2) is 36.4 Å². The summed E-state index contributed by atoms with van der Waals surface area (Å²) >= 11 is 0. The van der Waals surface area contributed by atoms with Crippen molar-refractivity contribution < 1.29 is 14.3 Å². The molecule has 3 nitrogen and oxygen atoms in total. The van der Waals surface area contributed by atoms with E-state index in [0.29, 0.717) is 11.5 Å². The minimum absolute atomic E-state index is 0.615. The molecule has 0 aromatic heterocycles. The summed E-state index contributed by atoms with van der Waals surface area (Å²) in [4.78, 5) is 13.2. The molecule has 0 aliphatic heterocycles. The van der Waals surface area contributed by atoms with Crippen LogP contribution in [0.25, 0.3) is 0 Å². The maximum absolute atomic E-state index is 13.2. The Morgan fingerprint density at radius 2 is 0.825 bits per heavy atom. The second kappa shape index (κ2) is 21.5. The van der Waals surface area contributed by atoms with Crippen molar-refractivity contribution in [2.45, 2.75) is 156 Å². The molecule has 0 spiro atoms. The summed E-state index contributed by atoms with van der Waals surface area (Å²) < 4.78 is 11.9. The SMILES string of the molecule is CCCCCCc1cccc(OC(=O)Oc2cccc(CCCCCC)c2CCCCCC)c1CCCCCC. The van der Waals surface area contributed by atoms with Crippen LogP contribution in [0.5, 0.6) is 11.5 Å². The molecule has 0 saturated heterocycles. The molecule has 0 bridgehead atoms. The number of hydrogen-bond acceptors (Lipinski definition) is 3. The van der Waals surface area contributed by atoms with Crippen molar-refractivity contribution in [1.82, 2.24) is 0 Å². The summed E-state index contributed by atoms with van der Waals surface area (Å²) in [7, 11) is 0. The van der Waals surface area contributed by atoms with Crippen molar-refractivity contribution >= 4 is 6.16 Å². The fourth-order valence-electron chi connectivity index (χ4n) is 5.59. The van der Waals surface area contributed by atoms with Crippen molar-refractivity contribution in [2.24, 2.45) is 0 Å². The zero-order chi connectivity index (χ0) is 28.8. The van der Waals surface area contributed by atoms with Gasteiger partial charge in [-0.25, -0.2) is 4.79 Å². The van der Waals surface area contributed by atoms with E-state index in [-0.39, 0.29) is 0 Å². The Hall–Kier alpha value is -2.29. The third-order valence-corrected chi connectivity index (χ3v) is 8.01. The summed E-state index contributed by atoms with van der Waals surface area (Å²) in [6.07, 6.45) is 22.8. The van der Waals surface area contributed by atoms with Gasteiger partial charge in [0.25, 0.3) is 0 Å². The number of ether oxygens (including phenoxy) is 2. The van der Waals surface area contributed by atoms with Crippen LogP contribution in [-0.2, 0) is 25.7 Å². The summed E-state index contributed by atoms with van der Waals surface area (Å²) in [5.41, 5.74) is 5.03. The largest absolute Gasteiger partial charge is 0.519 e. The van der Waals surface area contributed by atoms with E-state index in [1.165, 1.54) is 112 Å². The highest BCUT2D eigenvalue weighted by Gasteiger charge is 2.18. The molecular formula is C37H58O3. The van der Waals surface area contributed by atoms with E-state index in [9.17, 15) is 4.79 Å². The van der Waals surface area contributed by atoms with Crippen LogP contribution in [-0.4, -0.2) is 6.16 Å². The van der Waals surface area contributed by atoms with Crippen LogP contribution < -0.4 is 9.47 Å². The van der Waals surface area contributed by atoms with Gasteiger partial charge in [-0.05, 0) is 85.8 Å². The maximum Gasteiger partial charge on any atom is 0.519 e. The Kier molecular flexibility index (Phi) is 18.2. The number of carbonyl (C=O) groups is 1. The number of hydrogen-bond donors (Lipinski definition) is 0. The van der Waals surface area contributed by atoms with E-state index in [4.69, 9.17) is 9.47 Å². The number of rotatable bonds is 22. The quantitative estimate of drug-likeness (QED) is 0.0830. The first-order chi connectivity index (χ1) is 19.6. The minimum atomic E-state index is -0.615. The van der Waals surface area contributed by atoms with E-state index < -0.39 is 6.16 Å². The Bertz CT molecular complexity index is 873. The zero-order valence-electron chi connectivity index (χ0n) is 26.3. The van der Waals surface area contributed by atoms with E-state index in [1.807, 2.05) is 24.3 Å². The molecule has 224 valence electrons. The average Bonchev–Trinajstić information content (AvgIpc) is 2.95. The fourth-order valence-corrected chi connectivity index (χ4v) is 5.59. The molecule has 0 atom stereocenters. The van der Waals surface area contributed by atoms with Crippen LogP contribution in [0.1, 0.15) is 153 Å². The summed E-state index contributed by atoms with van der Waals surface area (Å²) in [6, 6.07) is 12.4. The topological polar surface area (TPSA) is 35.5 Å². The van der Waals surface area contributed by atoms with Crippen molar-refractivity contribution in [1.29, 1.82) is 0 Å². The Balaban J connectivity index is 2.19. The van der Waals surface area contributed by atoms with Gasteiger partial charge < -0.3 is 9.47 Å². The molecule has 0 aliphatic carbocycles. The Labute approximate surface area is 246 Å². The van der Waals surface area contributed by atoms with Gasteiger partial charge in [0.2, 0.25) is 0 Å². The van der Waals surface area contributed by atoms with E-state index in [2.05, 4.69) is 39.8 Å². The molecule has 3 heteroatoms. The van der Waals surface area contributed by atoms with Crippen LogP contribution in [0.4, 0.5) is 4.79 Å². The first kappa shape index (κ1) is 33.9. The predicted octanol–water partition coefficient (Wildman–Crippen LogP) is 11.8. The Morgan fingerprint density at radius 1 is 0.475 bits per heavy atom.